The minimum absolute atomic E-state index is 0.0257. The molecule has 0 N–H and O–H groups in total. The van der Waals surface area contributed by atoms with Gasteiger partial charge in [0.05, 0.1) is 17.8 Å². The molecule has 1 aromatic carbocycles. The number of halogens is 3. The van der Waals surface area contributed by atoms with Gasteiger partial charge in [0.2, 0.25) is 0 Å². The lowest BCUT2D eigenvalue weighted by atomic mass is 10.2. The van der Waals surface area contributed by atoms with Gasteiger partial charge < -0.3 is 10.1 Å². The average Bonchev–Trinajstić information content (AvgIpc) is 2.65. The average molecular weight is 335 g/mol. The SMILES string of the molecule is O=[N+]([O-])c1nn(Cc2c(F)cccc2Cl)cc1Br. The number of hydrogen-bond acceptors (Lipinski definition) is 3. The Morgan fingerprint density at radius 3 is 2.83 bits per heavy atom. The second-order valence-corrected chi connectivity index (χ2v) is 4.72. The van der Waals surface area contributed by atoms with Crippen molar-refractivity contribution in [3.8, 4) is 0 Å². The van der Waals surface area contributed by atoms with Gasteiger partial charge in [-0.2, -0.15) is 4.68 Å². The summed E-state index contributed by atoms with van der Waals surface area (Å²) in [7, 11) is 0. The first-order chi connectivity index (χ1) is 8.49. The van der Waals surface area contributed by atoms with Gasteiger partial charge in [-0.3, -0.25) is 0 Å². The number of benzene rings is 1. The molecule has 0 aliphatic heterocycles. The molecular formula is C10H6BrClFN3O2. The van der Waals surface area contributed by atoms with Gasteiger partial charge in [0.15, 0.2) is 0 Å². The first kappa shape index (κ1) is 13.0. The van der Waals surface area contributed by atoms with Crippen LogP contribution in [-0.4, -0.2) is 14.7 Å². The summed E-state index contributed by atoms with van der Waals surface area (Å²) in [6.07, 6.45) is 1.40. The highest BCUT2D eigenvalue weighted by Gasteiger charge is 2.19. The molecule has 2 aromatic rings. The summed E-state index contributed by atoms with van der Waals surface area (Å²) in [5.41, 5.74) is 0.240. The lowest BCUT2D eigenvalue weighted by Crippen LogP contribution is -2.04. The summed E-state index contributed by atoms with van der Waals surface area (Å²) in [6.45, 7) is 0.0257. The highest BCUT2D eigenvalue weighted by Crippen LogP contribution is 2.24. The molecular weight excluding hydrogens is 328 g/mol. The molecule has 0 saturated heterocycles. The molecule has 0 spiro atoms. The van der Waals surface area contributed by atoms with Crippen molar-refractivity contribution in [1.82, 2.24) is 9.78 Å². The third-order valence-electron chi connectivity index (χ3n) is 2.25. The van der Waals surface area contributed by atoms with Crippen LogP contribution in [0.5, 0.6) is 0 Å². The summed E-state index contributed by atoms with van der Waals surface area (Å²) < 4.78 is 15.0. The van der Waals surface area contributed by atoms with Gasteiger partial charge in [0.1, 0.15) is 10.3 Å². The molecule has 1 aromatic heterocycles. The fourth-order valence-corrected chi connectivity index (χ4v) is 2.12. The molecule has 0 amide bonds. The van der Waals surface area contributed by atoms with E-state index in [-0.39, 0.29) is 27.4 Å². The Bertz CT molecular complexity index is 597. The van der Waals surface area contributed by atoms with Crippen molar-refractivity contribution >= 4 is 33.3 Å². The fraction of sp³-hybridized carbons (Fsp3) is 0.100. The predicted molar refractivity (Wildman–Crippen MR) is 67.1 cm³/mol. The van der Waals surface area contributed by atoms with Crippen molar-refractivity contribution in [2.75, 3.05) is 0 Å². The number of nitro groups is 1. The van der Waals surface area contributed by atoms with Gasteiger partial charge in [-0.25, -0.2) is 4.39 Å². The predicted octanol–water partition coefficient (Wildman–Crippen LogP) is 3.39. The van der Waals surface area contributed by atoms with E-state index in [1.54, 1.807) is 6.07 Å². The Balaban J connectivity index is 2.35. The zero-order valence-corrected chi connectivity index (χ0v) is 11.2. The second kappa shape index (κ2) is 5.03. The maximum Gasteiger partial charge on any atom is 0.404 e. The quantitative estimate of drug-likeness (QED) is 0.638. The van der Waals surface area contributed by atoms with E-state index >= 15 is 0 Å². The van der Waals surface area contributed by atoms with Crippen LogP contribution in [0.2, 0.25) is 5.02 Å². The van der Waals surface area contributed by atoms with E-state index in [1.165, 1.54) is 23.0 Å². The van der Waals surface area contributed by atoms with E-state index < -0.39 is 10.7 Å². The molecule has 0 fully saturated rings. The first-order valence-electron chi connectivity index (χ1n) is 4.79. The van der Waals surface area contributed by atoms with Crippen molar-refractivity contribution in [2.45, 2.75) is 6.54 Å². The highest BCUT2D eigenvalue weighted by atomic mass is 79.9. The summed E-state index contributed by atoms with van der Waals surface area (Å²) in [4.78, 5) is 10.00. The number of hydrogen-bond donors (Lipinski definition) is 0. The van der Waals surface area contributed by atoms with E-state index in [1.807, 2.05) is 0 Å². The van der Waals surface area contributed by atoms with Crippen LogP contribution in [-0.2, 0) is 6.54 Å². The molecule has 0 saturated carbocycles. The van der Waals surface area contributed by atoms with Crippen molar-refractivity contribution in [1.29, 1.82) is 0 Å². The van der Waals surface area contributed by atoms with Gasteiger partial charge in [-0.1, -0.05) is 17.7 Å². The standard InChI is InChI=1S/C10H6BrClFN3O2/c11-7-5-15(14-10(7)16(17)18)4-6-8(12)2-1-3-9(6)13/h1-3,5H,4H2. The number of nitrogens with zero attached hydrogens (tertiary/aromatic N) is 3. The first-order valence-corrected chi connectivity index (χ1v) is 5.96. The van der Waals surface area contributed by atoms with E-state index in [4.69, 9.17) is 11.6 Å². The molecule has 0 aliphatic carbocycles. The fourth-order valence-electron chi connectivity index (χ4n) is 1.44. The van der Waals surface area contributed by atoms with Gasteiger partial charge in [0.25, 0.3) is 0 Å². The van der Waals surface area contributed by atoms with Crippen molar-refractivity contribution < 1.29 is 9.31 Å². The van der Waals surface area contributed by atoms with Crippen LogP contribution in [0.15, 0.2) is 28.9 Å². The zero-order valence-electron chi connectivity index (χ0n) is 8.81. The third kappa shape index (κ3) is 2.51. The molecule has 5 nitrogen and oxygen atoms in total. The summed E-state index contributed by atoms with van der Waals surface area (Å²) in [5.74, 6) is -0.792. The summed E-state index contributed by atoms with van der Waals surface area (Å²) >= 11 is 8.88. The lowest BCUT2D eigenvalue weighted by molar-refractivity contribution is -0.390. The molecule has 0 radical (unpaired) electrons. The Hall–Kier alpha value is -1.47. The van der Waals surface area contributed by atoms with Gasteiger partial charge in [0, 0.05) is 10.6 Å². The minimum Gasteiger partial charge on any atom is -0.358 e. The van der Waals surface area contributed by atoms with Crippen LogP contribution in [0, 0.1) is 15.9 Å². The summed E-state index contributed by atoms with van der Waals surface area (Å²) in [5, 5.41) is 14.6. The van der Waals surface area contributed by atoms with Gasteiger partial charge >= 0.3 is 5.82 Å². The largest absolute Gasteiger partial charge is 0.404 e. The second-order valence-electron chi connectivity index (χ2n) is 3.46. The Morgan fingerprint density at radius 1 is 1.56 bits per heavy atom. The third-order valence-corrected chi connectivity index (χ3v) is 3.17. The van der Waals surface area contributed by atoms with Crippen LogP contribution in [0.3, 0.4) is 0 Å². The molecule has 0 aliphatic rings. The number of rotatable bonds is 3. The molecule has 18 heavy (non-hydrogen) atoms. The Kier molecular flexibility index (Phi) is 3.63. The van der Waals surface area contributed by atoms with Crippen molar-refractivity contribution in [3.63, 3.8) is 0 Å². The molecule has 8 heteroatoms. The topological polar surface area (TPSA) is 61.0 Å². The smallest absolute Gasteiger partial charge is 0.358 e. The zero-order chi connectivity index (χ0) is 13.3. The van der Waals surface area contributed by atoms with E-state index in [0.717, 1.165) is 0 Å². The molecule has 0 atom stereocenters. The van der Waals surface area contributed by atoms with E-state index in [0.29, 0.717) is 0 Å². The molecule has 94 valence electrons. The highest BCUT2D eigenvalue weighted by molar-refractivity contribution is 9.10. The van der Waals surface area contributed by atoms with Crippen LogP contribution in [0.4, 0.5) is 10.2 Å². The van der Waals surface area contributed by atoms with E-state index in [9.17, 15) is 14.5 Å². The normalized spacial score (nSPS) is 10.6. The van der Waals surface area contributed by atoms with Gasteiger partial charge in [-0.05, 0) is 33.0 Å². The van der Waals surface area contributed by atoms with Gasteiger partial charge in [-0.15, -0.1) is 0 Å². The van der Waals surface area contributed by atoms with Crippen LogP contribution in [0.1, 0.15) is 5.56 Å². The Morgan fingerprint density at radius 2 is 2.28 bits per heavy atom. The van der Waals surface area contributed by atoms with Crippen molar-refractivity contribution in [2.24, 2.45) is 0 Å². The molecule has 0 bridgehead atoms. The monoisotopic (exact) mass is 333 g/mol. The molecule has 2 rings (SSSR count). The minimum atomic E-state index is -0.621. The van der Waals surface area contributed by atoms with Crippen LogP contribution in [0.25, 0.3) is 0 Å². The van der Waals surface area contributed by atoms with Crippen LogP contribution < -0.4 is 0 Å². The Labute approximate surface area is 114 Å². The maximum atomic E-state index is 13.5. The van der Waals surface area contributed by atoms with E-state index in [2.05, 4.69) is 21.0 Å². The summed E-state index contributed by atoms with van der Waals surface area (Å²) in [6, 6.07) is 4.31. The lowest BCUT2D eigenvalue weighted by Gasteiger charge is -2.03. The molecule has 0 unspecified atom stereocenters. The molecule has 1 heterocycles. The maximum absolute atomic E-state index is 13.5. The number of aromatic nitrogens is 2. The van der Waals surface area contributed by atoms with Crippen molar-refractivity contribution in [3.05, 3.63) is 55.4 Å². The van der Waals surface area contributed by atoms with Crippen LogP contribution >= 0.6 is 27.5 Å².